The largest absolute Gasteiger partial charge is 0.339 e. The van der Waals surface area contributed by atoms with Crippen molar-refractivity contribution in [1.82, 2.24) is 14.4 Å². The molecular weight excluding hydrogens is 460 g/mol. The predicted octanol–water partition coefficient (Wildman–Crippen LogP) is 4.19. The highest BCUT2D eigenvalue weighted by molar-refractivity contribution is 7.89. The average molecular weight is 483 g/mol. The lowest BCUT2D eigenvalue weighted by Gasteiger charge is -2.17. The standard InChI is InChI=1S/C23H22N4O4S2/c1-27(15-17-5-3-2-4-6-17)33(29,30)20-9-7-19(8-10-20)24-21(28)11-12-22-25-23(26-31-22)18-13-14-32-16-18/h2-10,13-14,16H,11-12,15H2,1H3,(H,24,28). The number of aromatic nitrogens is 2. The Hall–Kier alpha value is -3.34. The number of rotatable bonds is 9. The predicted molar refractivity (Wildman–Crippen MR) is 126 cm³/mol. The second kappa shape index (κ2) is 10.1. The molecule has 0 fully saturated rings. The van der Waals surface area contributed by atoms with Crippen LogP contribution in [0.3, 0.4) is 0 Å². The van der Waals surface area contributed by atoms with Gasteiger partial charge in [0.25, 0.3) is 0 Å². The summed E-state index contributed by atoms with van der Waals surface area (Å²) in [7, 11) is -2.11. The topological polar surface area (TPSA) is 105 Å². The van der Waals surface area contributed by atoms with Crippen LogP contribution in [0.25, 0.3) is 11.4 Å². The van der Waals surface area contributed by atoms with E-state index in [0.717, 1.165) is 11.1 Å². The summed E-state index contributed by atoms with van der Waals surface area (Å²) in [6.07, 6.45) is 0.463. The number of carbonyl (C=O) groups excluding carboxylic acids is 1. The van der Waals surface area contributed by atoms with Crippen LogP contribution in [-0.4, -0.2) is 35.8 Å². The van der Waals surface area contributed by atoms with Gasteiger partial charge in [0.1, 0.15) is 0 Å². The maximum atomic E-state index is 12.8. The average Bonchev–Trinajstić information content (AvgIpc) is 3.51. The van der Waals surface area contributed by atoms with E-state index in [1.54, 1.807) is 30.5 Å². The van der Waals surface area contributed by atoms with Crippen molar-refractivity contribution in [1.29, 1.82) is 0 Å². The lowest BCUT2D eigenvalue weighted by Crippen LogP contribution is -2.26. The van der Waals surface area contributed by atoms with Crippen molar-refractivity contribution in [3.63, 3.8) is 0 Å². The second-order valence-electron chi connectivity index (χ2n) is 7.34. The molecule has 10 heteroatoms. The van der Waals surface area contributed by atoms with Gasteiger partial charge in [-0.1, -0.05) is 35.5 Å². The lowest BCUT2D eigenvalue weighted by molar-refractivity contribution is -0.116. The number of hydrogen-bond acceptors (Lipinski definition) is 7. The Morgan fingerprint density at radius 3 is 2.55 bits per heavy atom. The summed E-state index contributed by atoms with van der Waals surface area (Å²) in [5, 5.41) is 10.5. The van der Waals surface area contributed by atoms with Crippen LogP contribution in [-0.2, 0) is 27.8 Å². The molecule has 8 nitrogen and oxygen atoms in total. The van der Waals surface area contributed by atoms with Crippen molar-refractivity contribution in [2.45, 2.75) is 24.3 Å². The molecule has 0 spiro atoms. The number of nitrogens with one attached hydrogen (secondary N) is 1. The summed E-state index contributed by atoms with van der Waals surface area (Å²) < 4.78 is 32.2. The van der Waals surface area contributed by atoms with Crippen LogP contribution in [0.4, 0.5) is 5.69 Å². The molecule has 0 radical (unpaired) electrons. The van der Waals surface area contributed by atoms with Gasteiger partial charge in [0.2, 0.25) is 27.6 Å². The number of thiophene rings is 1. The van der Waals surface area contributed by atoms with E-state index < -0.39 is 10.0 Å². The molecule has 0 aliphatic heterocycles. The second-order valence-corrected chi connectivity index (χ2v) is 10.2. The fraction of sp³-hybridized carbons (Fsp3) is 0.174. The molecule has 33 heavy (non-hydrogen) atoms. The molecule has 4 rings (SSSR count). The summed E-state index contributed by atoms with van der Waals surface area (Å²) in [5.74, 6) is 0.650. The number of amides is 1. The Morgan fingerprint density at radius 2 is 1.85 bits per heavy atom. The molecule has 2 aromatic heterocycles. The van der Waals surface area contributed by atoms with E-state index in [1.807, 2.05) is 47.2 Å². The highest BCUT2D eigenvalue weighted by atomic mass is 32.2. The molecule has 0 unspecified atom stereocenters. The Morgan fingerprint density at radius 1 is 1.09 bits per heavy atom. The third-order valence-corrected chi connectivity index (χ3v) is 7.41. The van der Waals surface area contributed by atoms with Crippen molar-refractivity contribution >= 4 is 33.0 Å². The minimum atomic E-state index is -3.65. The van der Waals surface area contributed by atoms with Gasteiger partial charge < -0.3 is 9.84 Å². The number of anilines is 1. The van der Waals surface area contributed by atoms with E-state index in [9.17, 15) is 13.2 Å². The van der Waals surface area contributed by atoms with Crippen LogP contribution < -0.4 is 5.32 Å². The van der Waals surface area contributed by atoms with E-state index in [4.69, 9.17) is 4.52 Å². The maximum Gasteiger partial charge on any atom is 0.243 e. The fourth-order valence-electron chi connectivity index (χ4n) is 3.13. The summed E-state index contributed by atoms with van der Waals surface area (Å²) >= 11 is 1.54. The molecule has 2 aromatic carbocycles. The molecule has 0 atom stereocenters. The number of hydrogen-bond donors (Lipinski definition) is 1. The minimum Gasteiger partial charge on any atom is -0.339 e. The fourth-order valence-corrected chi connectivity index (χ4v) is 4.92. The first kappa shape index (κ1) is 22.8. The monoisotopic (exact) mass is 482 g/mol. The maximum absolute atomic E-state index is 12.8. The third-order valence-electron chi connectivity index (χ3n) is 4.91. The highest BCUT2D eigenvalue weighted by Crippen LogP contribution is 2.21. The summed E-state index contributed by atoms with van der Waals surface area (Å²) in [6, 6.07) is 17.4. The first-order valence-corrected chi connectivity index (χ1v) is 12.6. The van der Waals surface area contributed by atoms with Crippen molar-refractivity contribution in [2.75, 3.05) is 12.4 Å². The van der Waals surface area contributed by atoms with Crippen molar-refractivity contribution in [3.05, 3.63) is 82.9 Å². The van der Waals surface area contributed by atoms with E-state index in [-0.39, 0.29) is 23.8 Å². The minimum absolute atomic E-state index is 0.158. The number of carbonyl (C=O) groups is 1. The van der Waals surface area contributed by atoms with Crippen LogP contribution in [0.5, 0.6) is 0 Å². The molecule has 2 heterocycles. The molecule has 0 saturated carbocycles. The zero-order chi connectivity index (χ0) is 23.3. The molecule has 0 saturated heterocycles. The van der Waals surface area contributed by atoms with E-state index in [1.165, 1.54) is 16.4 Å². The Balaban J connectivity index is 1.32. The quantitative estimate of drug-likeness (QED) is 0.383. The Labute approximate surface area is 195 Å². The summed E-state index contributed by atoms with van der Waals surface area (Å²) in [5.41, 5.74) is 2.29. The van der Waals surface area contributed by atoms with Crippen LogP contribution in [0.15, 0.2) is 80.8 Å². The van der Waals surface area contributed by atoms with Crippen molar-refractivity contribution in [2.24, 2.45) is 0 Å². The van der Waals surface area contributed by atoms with E-state index in [0.29, 0.717) is 23.8 Å². The molecule has 1 amide bonds. The van der Waals surface area contributed by atoms with Crippen molar-refractivity contribution in [3.8, 4) is 11.4 Å². The Bertz CT molecular complexity index is 1300. The summed E-state index contributed by atoms with van der Waals surface area (Å²) in [6.45, 7) is 0.269. The molecule has 1 N–H and O–H groups in total. The molecule has 0 aliphatic rings. The molecular formula is C23H22N4O4S2. The smallest absolute Gasteiger partial charge is 0.243 e. The number of nitrogens with zero attached hydrogens (tertiary/aromatic N) is 3. The number of aryl methyl sites for hydroxylation is 1. The molecule has 0 aliphatic carbocycles. The molecule has 170 valence electrons. The normalized spacial score (nSPS) is 11.6. The highest BCUT2D eigenvalue weighted by Gasteiger charge is 2.21. The lowest BCUT2D eigenvalue weighted by atomic mass is 10.2. The zero-order valence-electron chi connectivity index (χ0n) is 17.8. The number of benzene rings is 2. The molecule has 0 bridgehead atoms. The first-order valence-electron chi connectivity index (χ1n) is 10.2. The van der Waals surface area contributed by atoms with Gasteiger partial charge in [0.05, 0.1) is 4.90 Å². The van der Waals surface area contributed by atoms with Gasteiger partial charge in [-0.15, -0.1) is 0 Å². The SMILES string of the molecule is CN(Cc1ccccc1)S(=O)(=O)c1ccc(NC(=O)CCc2nc(-c3ccsc3)no2)cc1. The van der Waals surface area contributed by atoms with Gasteiger partial charge in [0, 0.05) is 43.1 Å². The van der Waals surface area contributed by atoms with Gasteiger partial charge in [-0.05, 0) is 41.3 Å². The first-order chi connectivity index (χ1) is 15.9. The van der Waals surface area contributed by atoms with Crippen LogP contribution >= 0.6 is 11.3 Å². The van der Waals surface area contributed by atoms with E-state index >= 15 is 0 Å². The van der Waals surface area contributed by atoms with Gasteiger partial charge in [-0.3, -0.25) is 4.79 Å². The summed E-state index contributed by atoms with van der Waals surface area (Å²) in [4.78, 5) is 16.7. The van der Waals surface area contributed by atoms with Gasteiger partial charge in [0.15, 0.2) is 0 Å². The van der Waals surface area contributed by atoms with E-state index in [2.05, 4.69) is 15.5 Å². The van der Waals surface area contributed by atoms with Gasteiger partial charge in [-0.25, -0.2) is 8.42 Å². The Kier molecular flexibility index (Phi) is 6.97. The third kappa shape index (κ3) is 5.72. The zero-order valence-corrected chi connectivity index (χ0v) is 19.5. The van der Waals surface area contributed by atoms with Gasteiger partial charge >= 0.3 is 0 Å². The van der Waals surface area contributed by atoms with Crippen LogP contribution in [0.2, 0.25) is 0 Å². The van der Waals surface area contributed by atoms with Crippen LogP contribution in [0.1, 0.15) is 17.9 Å². The van der Waals surface area contributed by atoms with Gasteiger partial charge in [-0.2, -0.15) is 20.6 Å². The van der Waals surface area contributed by atoms with Crippen LogP contribution in [0, 0.1) is 0 Å². The number of sulfonamides is 1. The molecule has 4 aromatic rings. The van der Waals surface area contributed by atoms with Crippen molar-refractivity contribution < 1.29 is 17.7 Å².